The Kier molecular flexibility index (Phi) is 4.76. The Bertz CT molecular complexity index is 782. The van der Waals surface area contributed by atoms with E-state index in [-0.39, 0.29) is 0 Å². The maximum absolute atomic E-state index is 12.4. The van der Waals surface area contributed by atoms with Crippen molar-refractivity contribution in [2.24, 2.45) is 0 Å². The maximum Gasteiger partial charge on any atom is 0.411 e. The number of benzene rings is 1. The van der Waals surface area contributed by atoms with Crippen LogP contribution in [0.15, 0.2) is 24.3 Å². The highest BCUT2D eigenvalue weighted by molar-refractivity contribution is 5.97. The number of nitrogens with zero attached hydrogens (tertiary/aromatic N) is 4. The summed E-state index contributed by atoms with van der Waals surface area (Å²) in [5, 5.41) is 0. The van der Waals surface area contributed by atoms with E-state index in [2.05, 4.69) is 14.7 Å². The fraction of sp³-hybridized carbons (Fsp3) is 0.438. The molecule has 1 aliphatic heterocycles. The molecule has 0 saturated carbocycles. The lowest BCUT2D eigenvalue weighted by molar-refractivity contribution is -0.175. The quantitative estimate of drug-likeness (QED) is 0.847. The van der Waals surface area contributed by atoms with Gasteiger partial charge in [-0.2, -0.15) is 13.2 Å². The number of halogens is 3. The van der Waals surface area contributed by atoms with Gasteiger partial charge in [-0.25, -0.2) is 9.97 Å². The molecule has 3 rings (SSSR count). The van der Waals surface area contributed by atoms with E-state index in [0.29, 0.717) is 42.2 Å². The van der Waals surface area contributed by atoms with E-state index < -0.39 is 25.3 Å². The number of aromatic nitrogens is 2. The first-order chi connectivity index (χ1) is 11.8. The number of fused-ring (bicyclic) bond motifs is 2. The lowest BCUT2D eigenvalue weighted by atomic mass is 10.3. The summed E-state index contributed by atoms with van der Waals surface area (Å²) in [6, 6.07) is 7.24. The molecule has 0 N–H and O–H groups in total. The molecule has 0 unspecified atom stereocenters. The molecule has 1 aromatic heterocycles. The summed E-state index contributed by atoms with van der Waals surface area (Å²) in [5.41, 5.74) is 1.31. The number of ether oxygens (including phenoxy) is 1. The average Bonchev–Trinajstić information content (AvgIpc) is 2.71. The highest BCUT2D eigenvalue weighted by Crippen LogP contribution is 2.30. The number of amides is 1. The van der Waals surface area contributed by atoms with Crippen molar-refractivity contribution in [2.75, 3.05) is 43.2 Å². The van der Waals surface area contributed by atoms with Crippen LogP contribution in [0.5, 0.6) is 0 Å². The number of alkyl halides is 3. The van der Waals surface area contributed by atoms with E-state index in [1.807, 2.05) is 30.1 Å². The minimum absolute atomic E-state index is 0.346. The minimum atomic E-state index is -4.47. The van der Waals surface area contributed by atoms with E-state index in [1.165, 1.54) is 4.90 Å². The molecular formula is C16H17F3N4O2. The van der Waals surface area contributed by atoms with Crippen molar-refractivity contribution in [3.8, 4) is 0 Å². The average molecular weight is 354 g/mol. The molecule has 9 heteroatoms. The van der Waals surface area contributed by atoms with Gasteiger partial charge in [-0.1, -0.05) is 12.1 Å². The lowest BCUT2D eigenvalue weighted by Gasteiger charge is -2.22. The molecule has 0 fully saturated rings. The van der Waals surface area contributed by atoms with Gasteiger partial charge < -0.3 is 9.64 Å². The third kappa shape index (κ3) is 3.98. The van der Waals surface area contributed by atoms with Crippen LogP contribution in [0.2, 0.25) is 0 Å². The van der Waals surface area contributed by atoms with E-state index in [1.54, 1.807) is 6.07 Å². The monoisotopic (exact) mass is 354 g/mol. The van der Waals surface area contributed by atoms with Crippen LogP contribution in [0.3, 0.4) is 0 Å². The molecule has 2 heterocycles. The Morgan fingerprint density at radius 3 is 2.44 bits per heavy atom. The van der Waals surface area contributed by atoms with Crippen LogP contribution >= 0.6 is 0 Å². The first kappa shape index (κ1) is 17.4. The second kappa shape index (κ2) is 6.83. The van der Waals surface area contributed by atoms with Gasteiger partial charge >= 0.3 is 6.18 Å². The van der Waals surface area contributed by atoms with E-state index >= 15 is 0 Å². The lowest BCUT2D eigenvalue weighted by Crippen LogP contribution is -2.36. The van der Waals surface area contributed by atoms with Gasteiger partial charge in [-0.05, 0) is 18.6 Å². The van der Waals surface area contributed by atoms with Gasteiger partial charge in [0.2, 0.25) is 0 Å². The van der Waals surface area contributed by atoms with Crippen molar-refractivity contribution in [3.05, 3.63) is 24.3 Å². The zero-order valence-electron chi connectivity index (χ0n) is 13.6. The molecule has 1 aromatic carbocycles. The second-order valence-electron chi connectivity index (χ2n) is 5.79. The van der Waals surface area contributed by atoms with Crippen molar-refractivity contribution in [2.45, 2.75) is 12.6 Å². The summed E-state index contributed by atoms with van der Waals surface area (Å²) < 4.78 is 41.1. The number of anilines is 2. The first-order valence-electron chi connectivity index (χ1n) is 7.78. The number of hydrogen-bond acceptors (Lipinski definition) is 5. The van der Waals surface area contributed by atoms with Crippen molar-refractivity contribution < 1.29 is 22.7 Å². The Balaban J connectivity index is 1.89. The Hall–Kier alpha value is -2.42. The summed E-state index contributed by atoms with van der Waals surface area (Å²) in [4.78, 5) is 24.7. The predicted molar refractivity (Wildman–Crippen MR) is 86.7 cm³/mol. The molecule has 2 aromatic rings. The molecule has 25 heavy (non-hydrogen) atoms. The van der Waals surface area contributed by atoms with Gasteiger partial charge in [0.1, 0.15) is 13.2 Å². The largest absolute Gasteiger partial charge is 0.411 e. The molecule has 1 amide bonds. The van der Waals surface area contributed by atoms with Gasteiger partial charge in [0.25, 0.3) is 5.91 Å². The molecule has 0 bridgehead atoms. The van der Waals surface area contributed by atoms with Crippen LogP contribution in [0.25, 0.3) is 11.0 Å². The fourth-order valence-corrected chi connectivity index (χ4v) is 2.67. The van der Waals surface area contributed by atoms with Gasteiger partial charge in [0.15, 0.2) is 11.6 Å². The van der Waals surface area contributed by atoms with Gasteiger partial charge in [0, 0.05) is 20.1 Å². The molecule has 0 saturated heterocycles. The van der Waals surface area contributed by atoms with Crippen molar-refractivity contribution in [1.29, 1.82) is 0 Å². The second-order valence-corrected chi connectivity index (χ2v) is 5.79. The smallest absolute Gasteiger partial charge is 0.362 e. The zero-order valence-corrected chi connectivity index (χ0v) is 13.6. The van der Waals surface area contributed by atoms with E-state index in [9.17, 15) is 18.0 Å². The van der Waals surface area contributed by atoms with Gasteiger partial charge in [0.05, 0.1) is 11.0 Å². The fourth-order valence-electron chi connectivity index (χ4n) is 2.67. The summed E-state index contributed by atoms with van der Waals surface area (Å²) in [6.07, 6.45) is -3.82. The van der Waals surface area contributed by atoms with E-state index in [4.69, 9.17) is 0 Å². The van der Waals surface area contributed by atoms with Crippen LogP contribution in [0.1, 0.15) is 6.42 Å². The summed E-state index contributed by atoms with van der Waals surface area (Å²) in [5.74, 6) is 0.310. The Morgan fingerprint density at radius 1 is 1.16 bits per heavy atom. The molecule has 6 nitrogen and oxygen atoms in total. The van der Waals surface area contributed by atoms with E-state index in [0.717, 1.165) is 0 Å². The Morgan fingerprint density at radius 2 is 1.80 bits per heavy atom. The molecule has 0 radical (unpaired) electrons. The van der Waals surface area contributed by atoms with Crippen molar-refractivity contribution >= 4 is 28.6 Å². The van der Waals surface area contributed by atoms with Crippen molar-refractivity contribution in [1.82, 2.24) is 9.97 Å². The molecule has 0 atom stereocenters. The molecular weight excluding hydrogens is 337 g/mol. The summed E-state index contributed by atoms with van der Waals surface area (Å²) >= 11 is 0. The minimum Gasteiger partial charge on any atom is -0.362 e. The molecule has 134 valence electrons. The number of carbonyl (C=O) groups is 1. The SMILES string of the molecule is CN1CCCN(C(=O)COCC(F)(F)F)c2nc3ccccc3nc21. The number of rotatable bonds is 3. The van der Waals surface area contributed by atoms with Gasteiger partial charge in [-0.3, -0.25) is 9.69 Å². The number of carbonyl (C=O) groups excluding carboxylic acids is 1. The number of hydrogen-bond donors (Lipinski definition) is 0. The highest BCUT2D eigenvalue weighted by Gasteiger charge is 2.30. The van der Waals surface area contributed by atoms with Crippen LogP contribution in [0, 0.1) is 0 Å². The maximum atomic E-state index is 12.4. The van der Waals surface area contributed by atoms with Crippen LogP contribution < -0.4 is 9.80 Å². The third-order valence-electron chi connectivity index (χ3n) is 3.82. The van der Waals surface area contributed by atoms with Crippen LogP contribution in [-0.4, -0.2) is 55.4 Å². The van der Waals surface area contributed by atoms with Gasteiger partial charge in [-0.15, -0.1) is 0 Å². The first-order valence-corrected chi connectivity index (χ1v) is 7.78. The van der Waals surface area contributed by atoms with Crippen LogP contribution in [-0.2, 0) is 9.53 Å². The number of para-hydroxylation sites is 2. The normalized spacial score (nSPS) is 15.2. The molecule has 1 aliphatic rings. The molecule has 0 aliphatic carbocycles. The zero-order chi connectivity index (χ0) is 18.0. The topological polar surface area (TPSA) is 58.6 Å². The summed E-state index contributed by atoms with van der Waals surface area (Å²) in [6.45, 7) is -1.11. The summed E-state index contributed by atoms with van der Waals surface area (Å²) in [7, 11) is 1.84. The predicted octanol–water partition coefficient (Wildman–Crippen LogP) is 2.38. The molecule has 0 spiro atoms. The standard InChI is InChI=1S/C16H17F3N4O2/c1-22-7-4-8-23(13(24)9-25-10-16(17,18)19)15-14(22)20-11-5-2-3-6-12(11)21-15/h2-3,5-6H,4,7-10H2,1H3. The van der Waals surface area contributed by atoms with Crippen molar-refractivity contribution in [3.63, 3.8) is 0 Å². The highest BCUT2D eigenvalue weighted by atomic mass is 19.4. The Labute approximate surface area is 142 Å². The third-order valence-corrected chi connectivity index (χ3v) is 3.82. The van der Waals surface area contributed by atoms with Crippen LogP contribution in [0.4, 0.5) is 24.8 Å².